The molecule has 1 aliphatic heterocycles. The first kappa shape index (κ1) is 46.0. The van der Waals surface area contributed by atoms with Crippen LogP contribution >= 0.6 is 11.3 Å². The molecule has 3 N–H and O–H groups in total. The first-order chi connectivity index (χ1) is 29.4. The number of fused-ring (bicyclic) bond motifs is 1. The summed E-state index contributed by atoms with van der Waals surface area (Å²) >= 11 is 1.45. The minimum atomic E-state index is -4.56. The summed E-state index contributed by atoms with van der Waals surface area (Å²) < 4.78 is 80.3. The first-order valence-corrected chi connectivity index (χ1v) is 23.5. The number of methoxy groups -OCH3 is 1. The van der Waals surface area contributed by atoms with Crippen LogP contribution in [0.4, 0.5) is 18.9 Å². The maximum absolute atomic E-state index is 15.0. The predicted molar refractivity (Wildman–Crippen MR) is 235 cm³/mol. The Kier molecular flexibility index (Phi) is 12.1. The SMILES string of the molecule is CCC1CC1(NC(=O)C1CC(Oc2cc(-c3nc(C(C)C)cs3)nc3c(C)c(OC)ccc23)CN1C(=O)C(Nc1ccc(C(F)(F)F)cc1)C(C)(C)C)C(=O)NS(=O)(=O)C1(C)CC1. The number of anilines is 1. The van der Waals surface area contributed by atoms with Gasteiger partial charge in [0.25, 0.3) is 5.91 Å². The number of pyridine rings is 1. The van der Waals surface area contributed by atoms with Crippen molar-refractivity contribution in [1.82, 2.24) is 24.9 Å². The summed E-state index contributed by atoms with van der Waals surface area (Å²) in [6.07, 6.45) is -3.84. The lowest BCUT2D eigenvalue weighted by Gasteiger charge is -2.36. The van der Waals surface area contributed by atoms with Crippen molar-refractivity contribution in [3.8, 4) is 22.2 Å². The summed E-state index contributed by atoms with van der Waals surface area (Å²) in [5, 5.41) is 9.33. The van der Waals surface area contributed by atoms with Gasteiger partial charge in [-0.2, -0.15) is 13.2 Å². The summed E-state index contributed by atoms with van der Waals surface area (Å²) in [5.41, 5.74) is -0.0878. The second kappa shape index (κ2) is 16.5. The molecule has 63 heavy (non-hydrogen) atoms. The highest BCUT2D eigenvalue weighted by Gasteiger charge is 2.63. The third-order valence-corrected chi connectivity index (χ3v) is 15.7. The fraction of sp³-hybridized carbons (Fsp3) is 0.533. The predicted octanol–water partition coefficient (Wildman–Crippen LogP) is 7.98. The number of hydrogen-bond acceptors (Lipinski definition) is 11. The molecule has 0 radical (unpaired) electrons. The van der Waals surface area contributed by atoms with Crippen LogP contribution in [0.3, 0.4) is 0 Å². The van der Waals surface area contributed by atoms with Crippen molar-refractivity contribution in [2.45, 2.75) is 128 Å². The number of rotatable bonds is 14. The minimum Gasteiger partial charge on any atom is -0.496 e. The number of carbonyl (C=O) groups is 3. The van der Waals surface area contributed by atoms with Crippen LogP contribution in [0.25, 0.3) is 21.6 Å². The highest BCUT2D eigenvalue weighted by atomic mass is 32.2. The molecule has 2 aliphatic carbocycles. The Morgan fingerprint density at radius 1 is 1.03 bits per heavy atom. The third-order valence-electron chi connectivity index (χ3n) is 12.7. The Hall–Kier alpha value is -4.97. The van der Waals surface area contributed by atoms with E-state index in [4.69, 9.17) is 19.4 Å². The second-order valence-corrected chi connectivity index (χ2v) is 21.7. The van der Waals surface area contributed by atoms with Crippen LogP contribution in [0.15, 0.2) is 47.8 Å². The highest BCUT2D eigenvalue weighted by molar-refractivity contribution is 7.91. The van der Waals surface area contributed by atoms with Crippen LogP contribution in [0.1, 0.15) is 103 Å². The average Bonchev–Trinajstić information content (AvgIpc) is 4.00. The molecule has 3 heterocycles. The molecule has 2 aromatic carbocycles. The molecule has 3 amide bonds. The molecule has 2 aromatic heterocycles. The zero-order valence-electron chi connectivity index (χ0n) is 36.9. The number of alkyl halides is 3. The Balaban J connectivity index is 1.25. The van der Waals surface area contributed by atoms with Gasteiger partial charge in [-0.1, -0.05) is 48.0 Å². The maximum atomic E-state index is 15.0. The molecule has 7 rings (SSSR count). The molecule has 5 unspecified atom stereocenters. The van der Waals surface area contributed by atoms with E-state index in [0.29, 0.717) is 52.4 Å². The summed E-state index contributed by atoms with van der Waals surface area (Å²) in [4.78, 5) is 54.7. The van der Waals surface area contributed by atoms with E-state index in [1.54, 1.807) is 40.9 Å². The lowest BCUT2D eigenvalue weighted by Crippen LogP contribution is -2.59. The van der Waals surface area contributed by atoms with Crippen LogP contribution in [-0.2, 0) is 30.6 Å². The van der Waals surface area contributed by atoms with Crippen LogP contribution in [0.2, 0.25) is 0 Å². The molecule has 3 aliphatic rings. The van der Waals surface area contributed by atoms with E-state index in [-0.39, 0.29) is 36.9 Å². The zero-order valence-corrected chi connectivity index (χ0v) is 38.5. The van der Waals surface area contributed by atoms with Crippen LogP contribution in [0, 0.1) is 18.3 Å². The standard InChI is InChI=1S/C45H55F3N6O7S2/c1-10-26-21-44(26,41(57)53-63(58,59)43(8)17-18-43)52-38(55)33-19-29(22-54(33)40(56)37(42(5,6)7)49-28-13-11-27(12-14-28)45(46,47)48)61-35-20-31(39-51-32(23-62-39)24(2)3)50-36-25(4)34(60-9)16-15-30(35)36/h11-16,20,23-24,26,29,33,37,49H,10,17-19,21-22H2,1-9H3,(H,52,55)(H,53,57). The number of carbonyl (C=O) groups excluding carboxylic acids is 3. The number of amides is 3. The van der Waals surface area contributed by atoms with E-state index < -0.39 is 73.4 Å². The van der Waals surface area contributed by atoms with Gasteiger partial charge in [-0.25, -0.2) is 18.4 Å². The van der Waals surface area contributed by atoms with Crippen molar-refractivity contribution in [3.63, 3.8) is 0 Å². The normalized spacial score (nSPS) is 22.4. The number of benzene rings is 2. The number of aromatic nitrogens is 2. The van der Waals surface area contributed by atoms with Crippen molar-refractivity contribution >= 4 is 55.7 Å². The summed E-state index contributed by atoms with van der Waals surface area (Å²) in [7, 11) is -2.45. The molecule has 1 saturated heterocycles. The molecular formula is C45H55F3N6O7S2. The number of nitrogens with zero attached hydrogens (tertiary/aromatic N) is 3. The second-order valence-electron chi connectivity index (χ2n) is 18.7. The van der Waals surface area contributed by atoms with Gasteiger partial charge < -0.3 is 25.0 Å². The Morgan fingerprint density at radius 2 is 1.71 bits per heavy atom. The van der Waals surface area contributed by atoms with E-state index in [1.807, 2.05) is 31.4 Å². The van der Waals surface area contributed by atoms with Crippen LogP contribution in [-0.4, -0.2) is 83.1 Å². The Labute approximate surface area is 370 Å². The van der Waals surface area contributed by atoms with Gasteiger partial charge in [0.15, 0.2) is 0 Å². The molecule has 340 valence electrons. The number of halogens is 3. The summed E-state index contributed by atoms with van der Waals surface area (Å²) in [6, 6.07) is 7.55. The molecular weight excluding hydrogens is 858 g/mol. The van der Waals surface area contributed by atoms with E-state index >= 15 is 0 Å². The van der Waals surface area contributed by atoms with E-state index in [9.17, 15) is 36.0 Å². The van der Waals surface area contributed by atoms with E-state index in [2.05, 4.69) is 29.2 Å². The van der Waals surface area contributed by atoms with Gasteiger partial charge in [0.2, 0.25) is 21.8 Å². The van der Waals surface area contributed by atoms with Crippen LogP contribution < -0.4 is 24.8 Å². The Bertz CT molecular complexity index is 2540. The quantitative estimate of drug-likeness (QED) is 0.113. The van der Waals surface area contributed by atoms with Crippen molar-refractivity contribution in [3.05, 3.63) is 64.7 Å². The zero-order chi connectivity index (χ0) is 46.0. The summed E-state index contributed by atoms with van der Waals surface area (Å²) in [6.45, 7) is 14.7. The van der Waals surface area contributed by atoms with Crippen molar-refractivity contribution < 1.29 is 45.4 Å². The largest absolute Gasteiger partial charge is 0.496 e. The molecule has 3 fully saturated rings. The maximum Gasteiger partial charge on any atom is 0.416 e. The fourth-order valence-electron chi connectivity index (χ4n) is 8.16. The van der Waals surface area contributed by atoms with Gasteiger partial charge in [-0.3, -0.25) is 19.1 Å². The highest BCUT2D eigenvalue weighted by Crippen LogP contribution is 2.48. The van der Waals surface area contributed by atoms with Gasteiger partial charge in [0, 0.05) is 34.5 Å². The number of ether oxygens (including phenoxy) is 2. The molecule has 4 aromatic rings. The number of nitrogens with one attached hydrogen (secondary N) is 3. The smallest absolute Gasteiger partial charge is 0.416 e. The molecule has 0 spiro atoms. The molecule has 18 heteroatoms. The van der Waals surface area contributed by atoms with Crippen molar-refractivity contribution in [1.29, 1.82) is 0 Å². The van der Waals surface area contributed by atoms with Gasteiger partial charge in [-0.05, 0) is 86.8 Å². The lowest BCUT2D eigenvalue weighted by atomic mass is 9.85. The third kappa shape index (κ3) is 9.06. The minimum absolute atomic E-state index is 0.0113. The number of thiazole rings is 1. The topological polar surface area (TPSA) is 169 Å². The van der Waals surface area contributed by atoms with Gasteiger partial charge in [-0.15, -0.1) is 11.3 Å². The van der Waals surface area contributed by atoms with E-state index in [1.165, 1.54) is 28.4 Å². The van der Waals surface area contributed by atoms with E-state index in [0.717, 1.165) is 23.4 Å². The molecule has 2 saturated carbocycles. The van der Waals surface area contributed by atoms with Crippen molar-refractivity contribution in [2.24, 2.45) is 11.3 Å². The molecule has 13 nitrogen and oxygen atoms in total. The first-order valence-electron chi connectivity index (χ1n) is 21.1. The molecule has 0 bridgehead atoms. The van der Waals surface area contributed by atoms with Gasteiger partial charge in [0.05, 0.1) is 35.2 Å². The van der Waals surface area contributed by atoms with Gasteiger partial charge in [0.1, 0.15) is 45.9 Å². The van der Waals surface area contributed by atoms with Crippen LogP contribution in [0.5, 0.6) is 11.5 Å². The number of sulfonamides is 1. The summed E-state index contributed by atoms with van der Waals surface area (Å²) in [5.74, 6) is -1.13. The lowest BCUT2D eigenvalue weighted by molar-refractivity contribution is -0.141. The Morgan fingerprint density at radius 3 is 2.27 bits per heavy atom. The number of likely N-dealkylation sites (tertiary alicyclic amines) is 1. The number of aryl methyl sites for hydroxylation is 1. The van der Waals surface area contributed by atoms with Crippen molar-refractivity contribution in [2.75, 3.05) is 19.0 Å². The number of hydrogen-bond donors (Lipinski definition) is 3. The monoisotopic (exact) mass is 912 g/mol. The fourth-order valence-corrected chi connectivity index (χ4v) is 10.4. The van der Waals surface area contributed by atoms with Gasteiger partial charge >= 0.3 is 6.18 Å². The average molecular weight is 913 g/mol. The molecule has 5 atom stereocenters.